The number of furan rings is 1. The van der Waals surface area contributed by atoms with Gasteiger partial charge >= 0.3 is 5.97 Å². The largest absolute Gasteiger partial charge is 0.481 e. The lowest BCUT2D eigenvalue weighted by atomic mass is 9.82. The molecule has 6 heteroatoms. The lowest BCUT2D eigenvalue weighted by molar-refractivity contribution is -0.149. The van der Waals surface area contributed by atoms with Crippen LogP contribution in [0.5, 0.6) is 0 Å². The van der Waals surface area contributed by atoms with E-state index in [9.17, 15) is 14.7 Å². The smallest absolute Gasteiger partial charge is 0.311 e. The lowest BCUT2D eigenvalue weighted by Crippen LogP contribution is -2.42. The standard InChI is InChI=1S/C16H18ClNO4/c1-3-16(4-2,15(20)21)9-18-14(19)13-8-10-7-11(17)5-6-12(10)22-13/h5-8H,3-4,9H2,1-2H3,(H,18,19)(H,20,21). The molecule has 1 aromatic heterocycles. The predicted molar refractivity (Wildman–Crippen MR) is 84.2 cm³/mol. The average molecular weight is 324 g/mol. The van der Waals surface area contributed by atoms with Crippen LogP contribution in [0, 0.1) is 5.41 Å². The highest BCUT2D eigenvalue weighted by Gasteiger charge is 2.35. The summed E-state index contributed by atoms with van der Waals surface area (Å²) in [5, 5.41) is 13.3. The fourth-order valence-corrected chi connectivity index (χ4v) is 2.52. The maximum atomic E-state index is 12.2. The van der Waals surface area contributed by atoms with Crippen LogP contribution in [0.25, 0.3) is 11.0 Å². The summed E-state index contributed by atoms with van der Waals surface area (Å²) in [6.45, 7) is 3.66. The highest BCUT2D eigenvalue weighted by molar-refractivity contribution is 6.31. The summed E-state index contributed by atoms with van der Waals surface area (Å²) < 4.78 is 5.46. The molecule has 2 rings (SSSR count). The van der Waals surface area contributed by atoms with E-state index >= 15 is 0 Å². The van der Waals surface area contributed by atoms with Crippen molar-refractivity contribution in [3.05, 3.63) is 35.0 Å². The molecule has 0 atom stereocenters. The second kappa shape index (κ2) is 6.40. The maximum Gasteiger partial charge on any atom is 0.311 e. The molecule has 0 saturated heterocycles. The van der Waals surface area contributed by atoms with E-state index in [4.69, 9.17) is 16.0 Å². The molecule has 0 saturated carbocycles. The first-order chi connectivity index (χ1) is 10.4. The van der Waals surface area contributed by atoms with Crippen molar-refractivity contribution in [2.24, 2.45) is 5.41 Å². The number of carbonyl (C=O) groups is 2. The quantitative estimate of drug-likeness (QED) is 0.849. The molecule has 0 aliphatic heterocycles. The van der Waals surface area contributed by atoms with Gasteiger partial charge < -0.3 is 14.8 Å². The Bertz CT molecular complexity index is 703. The number of hydrogen-bond donors (Lipinski definition) is 2. The number of carboxylic acids is 1. The minimum Gasteiger partial charge on any atom is -0.481 e. The molecular weight excluding hydrogens is 306 g/mol. The van der Waals surface area contributed by atoms with Crippen LogP contribution in [0.15, 0.2) is 28.7 Å². The van der Waals surface area contributed by atoms with Gasteiger partial charge in [-0.3, -0.25) is 9.59 Å². The van der Waals surface area contributed by atoms with E-state index in [1.165, 1.54) is 0 Å². The van der Waals surface area contributed by atoms with Crippen LogP contribution in [0.2, 0.25) is 5.02 Å². The van der Waals surface area contributed by atoms with Crippen LogP contribution < -0.4 is 5.32 Å². The van der Waals surface area contributed by atoms with Gasteiger partial charge in [0.05, 0.1) is 5.41 Å². The Labute approximate surface area is 133 Å². The third-order valence-electron chi connectivity index (χ3n) is 4.10. The monoisotopic (exact) mass is 323 g/mol. The number of aliphatic carboxylic acids is 1. The molecule has 118 valence electrons. The second-order valence-electron chi connectivity index (χ2n) is 5.27. The topological polar surface area (TPSA) is 79.5 Å². The summed E-state index contributed by atoms with van der Waals surface area (Å²) in [7, 11) is 0. The van der Waals surface area contributed by atoms with E-state index in [0.29, 0.717) is 23.4 Å². The molecule has 2 aromatic rings. The Morgan fingerprint density at radius 2 is 1.95 bits per heavy atom. The number of carbonyl (C=O) groups excluding carboxylic acids is 1. The molecule has 1 amide bonds. The summed E-state index contributed by atoms with van der Waals surface area (Å²) >= 11 is 5.89. The molecule has 0 aliphatic carbocycles. The van der Waals surface area contributed by atoms with Gasteiger partial charge in [0, 0.05) is 17.0 Å². The van der Waals surface area contributed by atoms with Gasteiger partial charge in [0.15, 0.2) is 5.76 Å². The van der Waals surface area contributed by atoms with Gasteiger partial charge in [0.2, 0.25) is 0 Å². The summed E-state index contributed by atoms with van der Waals surface area (Å²) in [4.78, 5) is 23.6. The number of carboxylic acid groups (broad SMARTS) is 1. The molecule has 0 unspecified atom stereocenters. The highest BCUT2D eigenvalue weighted by Crippen LogP contribution is 2.26. The van der Waals surface area contributed by atoms with Gasteiger partial charge in [0.25, 0.3) is 5.91 Å². The first kappa shape index (κ1) is 16.4. The average Bonchev–Trinajstić information content (AvgIpc) is 2.91. The van der Waals surface area contributed by atoms with Gasteiger partial charge in [-0.05, 0) is 37.1 Å². The summed E-state index contributed by atoms with van der Waals surface area (Å²) in [6, 6.07) is 6.67. The highest BCUT2D eigenvalue weighted by atomic mass is 35.5. The molecule has 0 fully saturated rings. The second-order valence-corrected chi connectivity index (χ2v) is 5.70. The number of halogens is 1. The first-order valence-corrected chi connectivity index (χ1v) is 7.50. The summed E-state index contributed by atoms with van der Waals surface area (Å²) in [6.07, 6.45) is 0.879. The van der Waals surface area contributed by atoms with Gasteiger partial charge in [-0.1, -0.05) is 25.4 Å². The Balaban J connectivity index is 2.15. The Kier molecular flexibility index (Phi) is 4.76. The number of hydrogen-bond acceptors (Lipinski definition) is 3. The summed E-state index contributed by atoms with van der Waals surface area (Å²) in [5.74, 6) is -1.20. The molecule has 22 heavy (non-hydrogen) atoms. The Hall–Kier alpha value is -2.01. The molecule has 0 aliphatic rings. The summed E-state index contributed by atoms with van der Waals surface area (Å²) in [5.41, 5.74) is -0.393. The Morgan fingerprint density at radius 1 is 1.27 bits per heavy atom. The molecule has 0 radical (unpaired) electrons. The predicted octanol–water partition coefficient (Wildman–Crippen LogP) is 3.71. The van der Waals surface area contributed by atoms with Crippen molar-refractivity contribution in [3.63, 3.8) is 0 Å². The fourth-order valence-electron chi connectivity index (χ4n) is 2.34. The third-order valence-corrected chi connectivity index (χ3v) is 4.33. The number of fused-ring (bicyclic) bond motifs is 1. The number of rotatable bonds is 6. The van der Waals surface area contributed by atoms with Crippen molar-refractivity contribution < 1.29 is 19.1 Å². The van der Waals surface area contributed by atoms with E-state index < -0.39 is 17.3 Å². The lowest BCUT2D eigenvalue weighted by Gasteiger charge is -2.26. The zero-order chi connectivity index (χ0) is 16.3. The molecule has 2 N–H and O–H groups in total. The van der Waals surface area contributed by atoms with Gasteiger partial charge in [-0.2, -0.15) is 0 Å². The van der Waals surface area contributed by atoms with Crippen LogP contribution in [-0.4, -0.2) is 23.5 Å². The van der Waals surface area contributed by atoms with Crippen molar-refractivity contribution >= 4 is 34.4 Å². The van der Waals surface area contributed by atoms with Crippen molar-refractivity contribution in [1.82, 2.24) is 5.32 Å². The van der Waals surface area contributed by atoms with Crippen LogP contribution in [-0.2, 0) is 4.79 Å². The van der Waals surface area contributed by atoms with E-state index in [0.717, 1.165) is 5.39 Å². The third kappa shape index (κ3) is 3.09. The van der Waals surface area contributed by atoms with Crippen LogP contribution in [0.1, 0.15) is 37.2 Å². The molecule has 1 aromatic carbocycles. The SMILES string of the molecule is CCC(CC)(CNC(=O)c1cc2cc(Cl)ccc2o1)C(=O)O. The fraction of sp³-hybridized carbons (Fsp3) is 0.375. The van der Waals surface area contributed by atoms with Crippen LogP contribution in [0.4, 0.5) is 0 Å². The number of benzene rings is 1. The first-order valence-electron chi connectivity index (χ1n) is 7.12. The number of amides is 1. The maximum absolute atomic E-state index is 12.2. The number of nitrogens with one attached hydrogen (secondary N) is 1. The van der Waals surface area contributed by atoms with Crippen LogP contribution >= 0.6 is 11.6 Å². The van der Waals surface area contributed by atoms with Crippen molar-refractivity contribution in [1.29, 1.82) is 0 Å². The van der Waals surface area contributed by atoms with Gasteiger partial charge in [-0.25, -0.2) is 0 Å². The van der Waals surface area contributed by atoms with Crippen molar-refractivity contribution in [2.75, 3.05) is 6.54 Å². The molecule has 5 nitrogen and oxygen atoms in total. The molecule has 1 heterocycles. The minimum atomic E-state index is -0.953. The molecule has 0 spiro atoms. The zero-order valence-electron chi connectivity index (χ0n) is 12.5. The normalized spacial score (nSPS) is 11.6. The van der Waals surface area contributed by atoms with E-state index in [2.05, 4.69) is 5.32 Å². The van der Waals surface area contributed by atoms with Gasteiger partial charge in [0.1, 0.15) is 5.58 Å². The van der Waals surface area contributed by atoms with Gasteiger partial charge in [-0.15, -0.1) is 0 Å². The van der Waals surface area contributed by atoms with Crippen molar-refractivity contribution in [2.45, 2.75) is 26.7 Å². The Morgan fingerprint density at radius 3 is 2.55 bits per heavy atom. The van der Waals surface area contributed by atoms with E-state index in [1.807, 2.05) is 0 Å². The van der Waals surface area contributed by atoms with Crippen molar-refractivity contribution in [3.8, 4) is 0 Å². The molecule has 0 bridgehead atoms. The van der Waals surface area contributed by atoms with E-state index in [1.54, 1.807) is 38.1 Å². The van der Waals surface area contributed by atoms with E-state index in [-0.39, 0.29) is 12.3 Å². The molecular formula is C16H18ClNO4. The minimum absolute atomic E-state index is 0.0615. The zero-order valence-corrected chi connectivity index (χ0v) is 13.2. The van der Waals surface area contributed by atoms with Crippen LogP contribution in [0.3, 0.4) is 0 Å².